The molecule has 1 aromatic carbocycles. The number of rotatable bonds is 3. The predicted octanol–water partition coefficient (Wildman–Crippen LogP) is 2.00. The molecule has 3 aromatic rings. The van der Waals surface area contributed by atoms with Crippen LogP contribution in [0.2, 0.25) is 0 Å². The Balaban J connectivity index is 1.25. The monoisotopic (exact) mass is 432 g/mol. The third-order valence-electron chi connectivity index (χ3n) is 6.27. The van der Waals surface area contributed by atoms with Crippen molar-refractivity contribution in [1.82, 2.24) is 19.8 Å². The van der Waals surface area contributed by atoms with Crippen LogP contribution in [0.3, 0.4) is 0 Å². The zero-order valence-corrected chi connectivity index (χ0v) is 17.1. The van der Waals surface area contributed by atoms with E-state index in [1.807, 2.05) is 24.3 Å². The molecule has 0 radical (unpaired) electrons. The highest BCUT2D eigenvalue weighted by Gasteiger charge is 2.35. The summed E-state index contributed by atoms with van der Waals surface area (Å²) in [6.45, 7) is 3.28. The molecule has 4 aliphatic heterocycles. The maximum absolute atomic E-state index is 11.8. The molecule has 4 aliphatic rings. The molecule has 9 nitrogen and oxygen atoms in total. The first-order valence-corrected chi connectivity index (χ1v) is 10.6. The van der Waals surface area contributed by atoms with Gasteiger partial charge in [0.25, 0.3) is 0 Å². The largest absolute Gasteiger partial charge is 0.472 e. The average molecular weight is 432 g/mol. The fourth-order valence-corrected chi connectivity index (χ4v) is 4.62. The Morgan fingerprint density at radius 1 is 0.969 bits per heavy atom. The molecule has 0 aliphatic carbocycles. The van der Waals surface area contributed by atoms with Gasteiger partial charge in [-0.05, 0) is 50.0 Å². The van der Waals surface area contributed by atoms with E-state index >= 15 is 0 Å². The lowest BCUT2D eigenvalue weighted by Gasteiger charge is -2.44. The van der Waals surface area contributed by atoms with Gasteiger partial charge in [-0.1, -0.05) is 6.07 Å². The summed E-state index contributed by atoms with van der Waals surface area (Å²) < 4.78 is 12.6. The summed E-state index contributed by atoms with van der Waals surface area (Å²) in [6, 6.07) is 10.9. The molecule has 1 atom stereocenters. The van der Waals surface area contributed by atoms with Gasteiger partial charge in [-0.15, -0.1) is 14.9 Å². The van der Waals surface area contributed by atoms with E-state index in [-0.39, 0.29) is 12.0 Å². The van der Waals surface area contributed by atoms with Crippen LogP contribution >= 0.6 is 0 Å². The van der Waals surface area contributed by atoms with E-state index in [9.17, 15) is 9.59 Å². The van der Waals surface area contributed by atoms with Gasteiger partial charge in [0.2, 0.25) is 11.8 Å². The maximum atomic E-state index is 11.8. The van der Waals surface area contributed by atoms with E-state index in [1.165, 1.54) is 17.6 Å². The quantitative estimate of drug-likeness (QED) is 0.580. The molecular formula is C23H20N4O5. The number of aromatic nitrogens is 3. The molecule has 0 amide bonds. The normalized spacial score (nSPS) is 25.4. The van der Waals surface area contributed by atoms with E-state index in [4.69, 9.17) is 14.3 Å². The third kappa shape index (κ3) is 3.40. The summed E-state index contributed by atoms with van der Waals surface area (Å²) in [6.07, 6.45) is 4.59. The molecule has 3 saturated heterocycles. The number of hydrogen-bond acceptors (Lipinski definition) is 8. The summed E-state index contributed by atoms with van der Waals surface area (Å²) in [4.78, 5) is 31.3. The Labute approximate surface area is 183 Å². The van der Waals surface area contributed by atoms with Gasteiger partial charge in [-0.25, -0.2) is 9.59 Å². The van der Waals surface area contributed by atoms with Gasteiger partial charge in [0, 0.05) is 41.8 Å². The molecule has 0 unspecified atom stereocenters. The van der Waals surface area contributed by atoms with Crippen molar-refractivity contribution in [3.63, 3.8) is 0 Å². The van der Waals surface area contributed by atoms with Gasteiger partial charge in [-0.3, -0.25) is 4.90 Å². The Morgan fingerprint density at radius 3 is 2.56 bits per heavy atom. The summed E-state index contributed by atoms with van der Waals surface area (Å²) >= 11 is 0. The first kappa shape index (κ1) is 19.0. The van der Waals surface area contributed by atoms with Gasteiger partial charge in [-0.2, -0.15) is 0 Å². The average Bonchev–Trinajstić information content (AvgIpc) is 3.13. The zero-order valence-electron chi connectivity index (χ0n) is 17.1. The Kier molecular flexibility index (Phi) is 4.43. The molecular weight excluding hydrogens is 412 g/mol. The fraction of sp³-hybridized carbons (Fsp3) is 0.304. The summed E-state index contributed by atoms with van der Waals surface area (Å²) in [5.74, 6) is -0.0419. The first-order valence-electron chi connectivity index (χ1n) is 10.6. The second-order valence-corrected chi connectivity index (χ2v) is 8.27. The van der Waals surface area contributed by atoms with Gasteiger partial charge >= 0.3 is 11.9 Å². The third-order valence-corrected chi connectivity index (χ3v) is 6.27. The van der Waals surface area contributed by atoms with E-state index in [1.54, 1.807) is 12.1 Å². The van der Waals surface area contributed by atoms with Gasteiger partial charge in [0.15, 0.2) is 0 Å². The van der Waals surface area contributed by atoms with Crippen molar-refractivity contribution >= 4 is 22.8 Å². The number of hydrogen-bond donors (Lipinski definition) is 0. The number of ether oxygens (including phenoxy) is 2. The van der Waals surface area contributed by atoms with Crippen molar-refractivity contribution in [2.45, 2.75) is 18.9 Å². The number of fused-ring (bicyclic) bond motifs is 6. The SMILES string of the molecule is O=C1/C=C/C(=O)On2c(cc3cc(-c4ccc(O[C@H]5CN6CCC5CC6)nn4)ccc32)O1. The second kappa shape index (κ2) is 7.45. The van der Waals surface area contributed by atoms with Crippen molar-refractivity contribution in [2.75, 3.05) is 19.6 Å². The fourth-order valence-electron chi connectivity index (χ4n) is 4.62. The van der Waals surface area contributed by atoms with Gasteiger partial charge < -0.3 is 14.3 Å². The number of nitrogens with zero attached hydrogens (tertiary/aromatic N) is 4. The van der Waals surface area contributed by atoms with Crippen LogP contribution in [0.5, 0.6) is 11.8 Å². The molecule has 7 rings (SSSR count). The van der Waals surface area contributed by atoms with Crippen LogP contribution in [0.1, 0.15) is 12.8 Å². The Hall–Kier alpha value is -3.72. The smallest absolute Gasteiger partial charge is 0.356 e. The summed E-state index contributed by atoms with van der Waals surface area (Å²) in [7, 11) is 0. The van der Waals surface area contributed by atoms with E-state index < -0.39 is 11.9 Å². The van der Waals surface area contributed by atoms with Crippen molar-refractivity contribution in [3.05, 3.63) is 48.6 Å². The molecule has 0 spiro atoms. The molecule has 0 N–H and O–H groups in total. The number of piperidine rings is 3. The number of esters is 1. The van der Waals surface area contributed by atoms with Crippen molar-refractivity contribution in [3.8, 4) is 23.0 Å². The topological polar surface area (TPSA) is 95.8 Å². The number of carbonyl (C=O) groups is 2. The van der Waals surface area contributed by atoms with Crippen LogP contribution in [-0.2, 0) is 9.59 Å². The van der Waals surface area contributed by atoms with Crippen molar-refractivity contribution in [1.29, 1.82) is 0 Å². The Bertz CT molecular complexity index is 1240. The minimum Gasteiger partial charge on any atom is -0.472 e. The standard InChI is InChI=1S/C23H20N4O5/c28-22-5-6-23(29)32-27-18-3-1-15(11-16(18)12-21(27)31-22)17-2-4-20(25-24-17)30-19-13-26-9-7-14(19)8-10-26/h1-6,11-12,14,19H,7-10,13H2/b6-5+/t19-/m0/s1. The first-order chi connectivity index (χ1) is 15.6. The van der Waals surface area contributed by atoms with Crippen LogP contribution < -0.4 is 14.3 Å². The molecule has 32 heavy (non-hydrogen) atoms. The highest BCUT2D eigenvalue weighted by molar-refractivity contribution is 5.95. The summed E-state index contributed by atoms with van der Waals surface area (Å²) in [5.41, 5.74) is 2.10. The molecule has 0 saturated carbocycles. The van der Waals surface area contributed by atoms with Gasteiger partial charge in [0.05, 0.1) is 11.2 Å². The molecule has 2 bridgehead atoms. The minimum atomic E-state index is -0.658. The number of carbonyl (C=O) groups excluding carboxylic acids is 2. The molecule has 9 heteroatoms. The van der Waals surface area contributed by atoms with Crippen molar-refractivity contribution in [2.24, 2.45) is 5.92 Å². The predicted molar refractivity (Wildman–Crippen MR) is 113 cm³/mol. The maximum Gasteiger partial charge on any atom is 0.356 e. The minimum absolute atomic E-state index is 0.132. The highest BCUT2D eigenvalue weighted by atomic mass is 16.7. The van der Waals surface area contributed by atoms with Crippen LogP contribution in [0.4, 0.5) is 0 Å². The molecule has 2 aromatic heterocycles. The van der Waals surface area contributed by atoms with Crippen LogP contribution in [-0.4, -0.2) is 57.5 Å². The lowest BCUT2D eigenvalue weighted by molar-refractivity contribution is -0.141. The van der Waals surface area contributed by atoms with E-state index in [0.29, 0.717) is 23.0 Å². The molecule has 162 valence electrons. The Morgan fingerprint density at radius 2 is 1.81 bits per heavy atom. The van der Waals surface area contributed by atoms with E-state index in [2.05, 4.69) is 15.1 Å². The second-order valence-electron chi connectivity index (χ2n) is 8.27. The van der Waals surface area contributed by atoms with Gasteiger partial charge in [0.1, 0.15) is 6.10 Å². The highest BCUT2D eigenvalue weighted by Crippen LogP contribution is 2.32. The molecule has 3 fully saturated rings. The van der Waals surface area contributed by atoms with E-state index in [0.717, 1.165) is 42.7 Å². The van der Waals surface area contributed by atoms with Crippen LogP contribution in [0.15, 0.2) is 48.6 Å². The van der Waals surface area contributed by atoms with Crippen LogP contribution in [0, 0.1) is 5.92 Å². The lowest BCUT2D eigenvalue weighted by atomic mass is 9.86. The molecule has 6 heterocycles. The number of benzene rings is 1. The lowest BCUT2D eigenvalue weighted by Crippen LogP contribution is -2.52. The van der Waals surface area contributed by atoms with Crippen molar-refractivity contribution < 1.29 is 23.9 Å². The zero-order chi connectivity index (χ0) is 21.7. The summed E-state index contributed by atoms with van der Waals surface area (Å²) in [5, 5.41) is 9.35. The van der Waals surface area contributed by atoms with Crippen LogP contribution in [0.25, 0.3) is 22.2 Å².